The number of aryl methyl sites for hydroxylation is 1. The van der Waals surface area contributed by atoms with Crippen LogP contribution in [0.1, 0.15) is 31.2 Å². The fourth-order valence-electron chi connectivity index (χ4n) is 2.00. The number of hydrogen-bond donors (Lipinski definition) is 2. The molecule has 0 unspecified atom stereocenters. The van der Waals surface area contributed by atoms with Crippen molar-refractivity contribution in [2.24, 2.45) is 5.73 Å². The number of alkyl halides is 2. The SMILES string of the molecule is Cc1sc(NC(=O)c2cccc(OC(F)F)c2)c(C(N)=O)c1C. The van der Waals surface area contributed by atoms with Gasteiger partial charge in [-0.2, -0.15) is 8.78 Å². The number of primary amides is 1. The Labute approximate surface area is 135 Å². The van der Waals surface area contributed by atoms with Gasteiger partial charge in [0.1, 0.15) is 10.8 Å². The van der Waals surface area contributed by atoms with E-state index in [4.69, 9.17) is 5.73 Å². The summed E-state index contributed by atoms with van der Waals surface area (Å²) in [6.07, 6.45) is 0. The maximum Gasteiger partial charge on any atom is 0.387 e. The third-order valence-electron chi connectivity index (χ3n) is 3.18. The molecular weight excluding hydrogens is 326 g/mol. The predicted molar refractivity (Wildman–Crippen MR) is 83.3 cm³/mol. The molecule has 0 aliphatic rings. The highest BCUT2D eigenvalue weighted by Crippen LogP contribution is 2.32. The molecule has 5 nitrogen and oxygen atoms in total. The third kappa shape index (κ3) is 3.84. The number of ether oxygens (including phenoxy) is 1. The van der Waals surface area contributed by atoms with E-state index in [0.717, 1.165) is 4.88 Å². The van der Waals surface area contributed by atoms with Crippen molar-refractivity contribution >= 4 is 28.2 Å². The van der Waals surface area contributed by atoms with E-state index in [1.165, 1.54) is 35.6 Å². The second-order valence-corrected chi connectivity index (χ2v) is 5.94. The molecule has 0 bridgehead atoms. The topological polar surface area (TPSA) is 81.4 Å². The summed E-state index contributed by atoms with van der Waals surface area (Å²) >= 11 is 1.22. The molecule has 0 saturated carbocycles. The molecule has 0 radical (unpaired) electrons. The summed E-state index contributed by atoms with van der Waals surface area (Å²) in [6, 6.07) is 5.38. The zero-order valence-electron chi connectivity index (χ0n) is 12.4. The van der Waals surface area contributed by atoms with E-state index in [9.17, 15) is 18.4 Å². The van der Waals surface area contributed by atoms with Gasteiger partial charge >= 0.3 is 6.61 Å². The van der Waals surface area contributed by atoms with Crippen LogP contribution in [0.3, 0.4) is 0 Å². The van der Waals surface area contributed by atoms with Crippen LogP contribution in [-0.2, 0) is 0 Å². The van der Waals surface area contributed by atoms with Gasteiger partial charge in [0.05, 0.1) is 5.56 Å². The lowest BCUT2D eigenvalue weighted by Gasteiger charge is -2.08. The Morgan fingerprint density at radius 1 is 1.30 bits per heavy atom. The van der Waals surface area contributed by atoms with Gasteiger partial charge in [-0.1, -0.05) is 6.07 Å². The zero-order valence-corrected chi connectivity index (χ0v) is 13.2. The summed E-state index contributed by atoms with van der Waals surface area (Å²) in [5, 5.41) is 2.92. The van der Waals surface area contributed by atoms with Crippen molar-refractivity contribution in [3.05, 3.63) is 45.8 Å². The van der Waals surface area contributed by atoms with Crippen molar-refractivity contribution in [3.63, 3.8) is 0 Å². The van der Waals surface area contributed by atoms with Gasteiger partial charge in [0.15, 0.2) is 0 Å². The normalized spacial score (nSPS) is 10.7. The largest absolute Gasteiger partial charge is 0.435 e. The smallest absolute Gasteiger partial charge is 0.387 e. The molecule has 3 N–H and O–H groups in total. The molecule has 0 saturated heterocycles. The Morgan fingerprint density at radius 3 is 2.61 bits per heavy atom. The molecule has 0 atom stereocenters. The van der Waals surface area contributed by atoms with Gasteiger partial charge in [-0.05, 0) is 37.6 Å². The average Bonchev–Trinajstić information content (AvgIpc) is 2.73. The van der Waals surface area contributed by atoms with Gasteiger partial charge < -0.3 is 15.8 Å². The Balaban J connectivity index is 2.26. The second kappa shape index (κ2) is 6.74. The summed E-state index contributed by atoms with van der Waals surface area (Å²) < 4.78 is 28.7. The van der Waals surface area contributed by atoms with Crippen LogP contribution in [0.25, 0.3) is 0 Å². The van der Waals surface area contributed by atoms with E-state index in [1.807, 2.05) is 0 Å². The van der Waals surface area contributed by atoms with Crippen molar-refractivity contribution < 1.29 is 23.1 Å². The maximum absolute atomic E-state index is 12.2. The molecule has 0 aliphatic carbocycles. The Morgan fingerprint density at radius 2 is 2.00 bits per heavy atom. The standard InChI is InChI=1S/C15H14F2N2O3S/c1-7-8(2)23-14(11(7)12(18)20)19-13(21)9-4-3-5-10(6-9)22-15(16)17/h3-6,15H,1-2H3,(H2,18,20)(H,19,21). The highest BCUT2D eigenvalue weighted by molar-refractivity contribution is 7.16. The highest BCUT2D eigenvalue weighted by Gasteiger charge is 2.19. The first-order chi connectivity index (χ1) is 10.8. The first kappa shape index (κ1) is 16.9. The maximum atomic E-state index is 12.2. The molecule has 0 aliphatic heterocycles. The lowest BCUT2D eigenvalue weighted by molar-refractivity contribution is -0.0498. The summed E-state index contributed by atoms with van der Waals surface area (Å²) in [5.41, 5.74) is 6.41. The highest BCUT2D eigenvalue weighted by atomic mass is 32.1. The fourth-order valence-corrected chi connectivity index (χ4v) is 3.06. The van der Waals surface area contributed by atoms with E-state index in [2.05, 4.69) is 10.1 Å². The van der Waals surface area contributed by atoms with E-state index < -0.39 is 18.4 Å². The zero-order chi connectivity index (χ0) is 17.1. The Bertz CT molecular complexity index is 759. The first-order valence-corrected chi connectivity index (χ1v) is 7.37. The number of nitrogens with one attached hydrogen (secondary N) is 1. The molecule has 0 fully saturated rings. The number of halogens is 2. The number of carbonyl (C=O) groups excluding carboxylic acids is 2. The summed E-state index contributed by atoms with van der Waals surface area (Å²) in [5.74, 6) is -1.31. The molecule has 122 valence electrons. The molecule has 1 heterocycles. The predicted octanol–water partition coefficient (Wildman–Crippen LogP) is 3.32. The molecule has 2 amide bonds. The molecular formula is C15H14F2N2O3S. The van der Waals surface area contributed by atoms with Crippen molar-refractivity contribution in [2.45, 2.75) is 20.5 Å². The van der Waals surface area contributed by atoms with Gasteiger partial charge in [-0.25, -0.2) is 0 Å². The van der Waals surface area contributed by atoms with Crippen molar-refractivity contribution in [1.82, 2.24) is 0 Å². The summed E-state index contributed by atoms with van der Waals surface area (Å²) in [6.45, 7) is 0.565. The molecule has 2 rings (SSSR count). The summed E-state index contributed by atoms with van der Waals surface area (Å²) in [4.78, 5) is 24.6. The molecule has 1 aromatic carbocycles. The molecule has 23 heavy (non-hydrogen) atoms. The molecule has 0 spiro atoms. The van der Waals surface area contributed by atoms with Gasteiger partial charge in [0, 0.05) is 10.4 Å². The lowest BCUT2D eigenvalue weighted by atomic mass is 10.1. The van der Waals surface area contributed by atoms with Gasteiger partial charge in [-0.15, -0.1) is 11.3 Å². The number of benzene rings is 1. The number of thiophene rings is 1. The van der Waals surface area contributed by atoms with E-state index in [1.54, 1.807) is 13.8 Å². The minimum absolute atomic E-state index is 0.124. The summed E-state index contributed by atoms with van der Waals surface area (Å²) in [7, 11) is 0. The minimum atomic E-state index is -2.97. The monoisotopic (exact) mass is 340 g/mol. The fraction of sp³-hybridized carbons (Fsp3) is 0.200. The number of carbonyl (C=O) groups is 2. The van der Waals surface area contributed by atoms with E-state index in [-0.39, 0.29) is 16.9 Å². The second-order valence-electron chi connectivity index (χ2n) is 4.71. The number of rotatable bonds is 5. The molecule has 1 aromatic heterocycles. The van der Waals surface area contributed by atoms with Crippen LogP contribution in [0.5, 0.6) is 5.75 Å². The average molecular weight is 340 g/mol. The molecule has 8 heteroatoms. The van der Waals surface area contributed by atoms with Crippen LogP contribution >= 0.6 is 11.3 Å². The van der Waals surface area contributed by atoms with Gasteiger partial charge in [0.25, 0.3) is 11.8 Å². The van der Waals surface area contributed by atoms with Gasteiger partial charge in [0.2, 0.25) is 0 Å². The van der Waals surface area contributed by atoms with Crippen molar-refractivity contribution in [3.8, 4) is 5.75 Å². The van der Waals surface area contributed by atoms with Crippen LogP contribution in [0.4, 0.5) is 13.8 Å². The quantitative estimate of drug-likeness (QED) is 0.876. The van der Waals surface area contributed by atoms with Gasteiger partial charge in [-0.3, -0.25) is 9.59 Å². The first-order valence-electron chi connectivity index (χ1n) is 6.55. The Kier molecular flexibility index (Phi) is 4.95. The number of hydrogen-bond acceptors (Lipinski definition) is 4. The number of nitrogens with two attached hydrogens (primary N) is 1. The molecule has 2 aromatic rings. The van der Waals surface area contributed by atoms with Crippen molar-refractivity contribution in [2.75, 3.05) is 5.32 Å². The van der Waals surface area contributed by atoms with Crippen LogP contribution in [0, 0.1) is 13.8 Å². The van der Waals surface area contributed by atoms with Crippen molar-refractivity contribution in [1.29, 1.82) is 0 Å². The number of anilines is 1. The Hall–Kier alpha value is -2.48. The van der Waals surface area contributed by atoms with E-state index >= 15 is 0 Å². The third-order valence-corrected chi connectivity index (χ3v) is 4.30. The van der Waals surface area contributed by atoms with Crippen LogP contribution in [0.15, 0.2) is 24.3 Å². The lowest BCUT2D eigenvalue weighted by Crippen LogP contribution is -2.17. The van der Waals surface area contributed by atoms with Crippen LogP contribution < -0.4 is 15.8 Å². The van der Waals surface area contributed by atoms with Crippen LogP contribution in [-0.4, -0.2) is 18.4 Å². The van der Waals surface area contributed by atoms with Crippen LogP contribution in [0.2, 0.25) is 0 Å². The number of amides is 2. The minimum Gasteiger partial charge on any atom is -0.435 e. The van der Waals surface area contributed by atoms with E-state index in [0.29, 0.717) is 10.6 Å².